The second kappa shape index (κ2) is 4.77. The van der Waals surface area contributed by atoms with Crippen LogP contribution in [-0.2, 0) is 6.42 Å². The van der Waals surface area contributed by atoms with Gasteiger partial charge in [-0.05, 0) is 5.39 Å². The Morgan fingerprint density at radius 1 is 1.30 bits per heavy atom. The fourth-order valence-corrected chi connectivity index (χ4v) is 2.28. The van der Waals surface area contributed by atoms with E-state index in [1.54, 1.807) is 12.4 Å². The molecule has 5 heteroatoms. The lowest BCUT2D eigenvalue weighted by Gasteiger charge is -2.03. The molecular formula is C15H12N2O3. The molecule has 0 saturated heterocycles. The van der Waals surface area contributed by atoms with Crippen molar-refractivity contribution in [2.75, 3.05) is 0 Å². The Bertz CT molecular complexity index is 787. The third kappa shape index (κ3) is 1.84. The molecule has 0 unspecified atom stereocenters. The predicted octanol–water partition coefficient (Wildman–Crippen LogP) is 3.15. The number of rotatable bonds is 3. The van der Waals surface area contributed by atoms with Crippen molar-refractivity contribution in [2.45, 2.75) is 13.3 Å². The van der Waals surface area contributed by atoms with Crippen LogP contribution in [0.3, 0.4) is 0 Å². The van der Waals surface area contributed by atoms with Crippen molar-refractivity contribution in [1.82, 2.24) is 10.1 Å². The highest BCUT2D eigenvalue weighted by atomic mass is 16.5. The van der Waals surface area contributed by atoms with Gasteiger partial charge < -0.3 is 9.63 Å². The first-order chi connectivity index (χ1) is 9.72. The number of nitrogens with zero attached hydrogens (tertiary/aromatic N) is 2. The Morgan fingerprint density at radius 3 is 2.85 bits per heavy atom. The fourth-order valence-electron chi connectivity index (χ4n) is 2.28. The van der Waals surface area contributed by atoms with Gasteiger partial charge in [0, 0.05) is 29.8 Å². The maximum atomic E-state index is 11.5. The van der Waals surface area contributed by atoms with Gasteiger partial charge in [0.05, 0.1) is 0 Å². The summed E-state index contributed by atoms with van der Waals surface area (Å²) in [4.78, 5) is 15.6. The van der Waals surface area contributed by atoms with Crippen LogP contribution in [0.25, 0.3) is 22.0 Å². The smallest absolute Gasteiger partial charge is 0.341 e. The molecule has 0 aliphatic rings. The minimum absolute atomic E-state index is 0.116. The molecule has 1 aromatic carbocycles. The number of benzene rings is 1. The summed E-state index contributed by atoms with van der Waals surface area (Å²) in [6, 6.07) is 7.64. The zero-order chi connectivity index (χ0) is 14.1. The monoisotopic (exact) mass is 268 g/mol. The van der Waals surface area contributed by atoms with Crippen molar-refractivity contribution >= 4 is 16.7 Å². The van der Waals surface area contributed by atoms with Crippen LogP contribution in [0, 0.1) is 0 Å². The number of carbonyl (C=O) groups is 1. The number of aryl methyl sites for hydroxylation is 1. The highest BCUT2D eigenvalue weighted by molar-refractivity contribution is 6.02. The van der Waals surface area contributed by atoms with E-state index in [1.165, 1.54) is 0 Å². The summed E-state index contributed by atoms with van der Waals surface area (Å²) in [5.41, 5.74) is 1.12. The second-order valence-corrected chi connectivity index (χ2v) is 4.40. The molecule has 0 spiro atoms. The molecule has 20 heavy (non-hydrogen) atoms. The number of hydrogen-bond acceptors (Lipinski definition) is 4. The van der Waals surface area contributed by atoms with E-state index >= 15 is 0 Å². The Labute approximate surface area is 114 Å². The Hall–Kier alpha value is -2.69. The maximum absolute atomic E-state index is 11.5. The third-order valence-corrected chi connectivity index (χ3v) is 3.22. The summed E-state index contributed by atoms with van der Waals surface area (Å²) in [7, 11) is 0. The first-order valence-corrected chi connectivity index (χ1v) is 6.27. The van der Waals surface area contributed by atoms with Crippen molar-refractivity contribution in [2.24, 2.45) is 0 Å². The van der Waals surface area contributed by atoms with Gasteiger partial charge in [0.25, 0.3) is 0 Å². The van der Waals surface area contributed by atoms with Crippen LogP contribution in [0.5, 0.6) is 0 Å². The molecule has 0 atom stereocenters. The molecule has 5 nitrogen and oxygen atoms in total. The highest BCUT2D eigenvalue weighted by Gasteiger charge is 2.23. The lowest BCUT2D eigenvalue weighted by Crippen LogP contribution is -2.01. The minimum Gasteiger partial charge on any atom is -0.477 e. The average molecular weight is 268 g/mol. The first kappa shape index (κ1) is 12.3. The summed E-state index contributed by atoms with van der Waals surface area (Å²) < 4.78 is 5.15. The van der Waals surface area contributed by atoms with Crippen molar-refractivity contribution in [3.8, 4) is 11.3 Å². The number of fused-ring (bicyclic) bond motifs is 1. The first-order valence-electron chi connectivity index (χ1n) is 6.27. The average Bonchev–Trinajstić information content (AvgIpc) is 2.90. The van der Waals surface area contributed by atoms with Gasteiger partial charge in [-0.15, -0.1) is 0 Å². The molecule has 3 aromatic rings. The summed E-state index contributed by atoms with van der Waals surface area (Å²) in [5.74, 6) is -0.661. The molecule has 0 bridgehead atoms. The van der Waals surface area contributed by atoms with Crippen molar-refractivity contribution in [3.63, 3.8) is 0 Å². The van der Waals surface area contributed by atoms with Crippen molar-refractivity contribution < 1.29 is 14.4 Å². The third-order valence-electron chi connectivity index (χ3n) is 3.22. The van der Waals surface area contributed by atoms with Gasteiger partial charge in [-0.3, -0.25) is 4.98 Å². The largest absolute Gasteiger partial charge is 0.477 e. The molecule has 3 rings (SSSR count). The van der Waals surface area contributed by atoms with E-state index in [9.17, 15) is 9.90 Å². The number of hydrogen-bond donors (Lipinski definition) is 1. The van der Waals surface area contributed by atoms with E-state index in [1.807, 2.05) is 31.2 Å². The highest BCUT2D eigenvalue weighted by Crippen LogP contribution is 2.31. The fraction of sp³-hybridized carbons (Fsp3) is 0.133. The summed E-state index contributed by atoms with van der Waals surface area (Å²) in [5, 5.41) is 15.1. The van der Waals surface area contributed by atoms with E-state index in [2.05, 4.69) is 10.1 Å². The Kier molecular flexibility index (Phi) is 2.95. The lowest BCUT2D eigenvalue weighted by molar-refractivity contribution is 0.0695. The molecule has 2 heterocycles. The van der Waals surface area contributed by atoms with Crippen LogP contribution in [0.15, 0.2) is 41.2 Å². The van der Waals surface area contributed by atoms with Crippen LogP contribution >= 0.6 is 0 Å². The van der Waals surface area contributed by atoms with Crippen LogP contribution < -0.4 is 0 Å². The van der Waals surface area contributed by atoms with Crippen LogP contribution in [0.1, 0.15) is 23.0 Å². The number of aromatic carboxylic acids is 1. The molecule has 0 fully saturated rings. The van der Waals surface area contributed by atoms with E-state index in [0.29, 0.717) is 23.4 Å². The number of carboxylic acid groups (broad SMARTS) is 1. The summed E-state index contributed by atoms with van der Waals surface area (Å²) >= 11 is 0. The lowest BCUT2D eigenvalue weighted by atomic mass is 10.0. The quantitative estimate of drug-likeness (QED) is 0.789. The summed E-state index contributed by atoms with van der Waals surface area (Å²) in [6.07, 6.45) is 3.83. The maximum Gasteiger partial charge on any atom is 0.341 e. The molecule has 2 aromatic heterocycles. The molecule has 1 N–H and O–H groups in total. The molecule has 0 aliphatic heterocycles. The topological polar surface area (TPSA) is 76.2 Å². The Morgan fingerprint density at radius 2 is 2.10 bits per heavy atom. The standard InChI is InChI=1S/C15H12N2O3/c1-2-12-13(15(18)19)14(17-20-12)11-8-16-7-9-5-3-4-6-10(9)11/h3-8H,2H2,1H3,(H,18,19). The molecule has 0 amide bonds. The second-order valence-electron chi connectivity index (χ2n) is 4.40. The van der Waals surface area contributed by atoms with Crippen LogP contribution in [0.2, 0.25) is 0 Å². The molecular weight excluding hydrogens is 256 g/mol. The van der Waals surface area contributed by atoms with E-state index in [-0.39, 0.29) is 5.56 Å². The predicted molar refractivity (Wildman–Crippen MR) is 73.6 cm³/mol. The van der Waals surface area contributed by atoms with Gasteiger partial charge in [-0.25, -0.2) is 4.79 Å². The zero-order valence-electron chi connectivity index (χ0n) is 10.8. The molecule has 0 radical (unpaired) electrons. The van der Waals surface area contributed by atoms with E-state index in [4.69, 9.17) is 4.52 Å². The normalized spacial score (nSPS) is 10.8. The van der Waals surface area contributed by atoms with Gasteiger partial charge >= 0.3 is 5.97 Å². The zero-order valence-corrected chi connectivity index (χ0v) is 10.8. The summed E-state index contributed by atoms with van der Waals surface area (Å²) in [6.45, 7) is 1.83. The number of aromatic nitrogens is 2. The van der Waals surface area contributed by atoms with Gasteiger partial charge in [0.2, 0.25) is 0 Å². The molecule has 0 aliphatic carbocycles. The van der Waals surface area contributed by atoms with Gasteiger partial charge in [0.15, 0.2) is 5.76 Å². The van der Waals surface area contributed by atoms with Gasteiger partial charge in [-0.1, -0.05) is 36.3 Å². The van der Waals surface area contributed by atoms with Crippen molar-refractivity contribution in [1.29, 1.82) is 0 Å². The van der Waals surface area contributed by atoms with Crippen LogP contribution in [0.4, 0.5) is 0 Å². The molecule has 0 saturated carbocycles. The minimum atomic E-state index is -1.04. The van der Waals surface area contributed by atoms with E-state index < -0.39 is 5.97 Å². The SMILES string of the molecule is CCc1onc(-c2cncc3ccccc23)c1C(=O)O. The van der Waals surface area contributed by atoms with Gasteiger partial charge in [-0.2, -0.15) is 0 Å². The number of pyridine rings is 1. The van der Waals surface area contributed by atoms with Crippen LogP contribution in [-0.4, -0.2) is 21.2 Å². The molecule has 100 valence electrons. The number of carboxylic acids is 1. The van der Waals surface area contributed by atoms with Crippen molar-refractivity contribution in [3.05, 3.63) is 48.0 Å². The Balaban J connectivity index is 2.32. The van der Waals surface area contributed by atoms with Gasteiger partial charge in [0.1, 0.15) is 11.3 Å². The van der Waals surface area contributed by atoms with E-state index in [0.717, 1.165) is 10.8 Å².